The van der Waals surface area contributed by atoms with Gasteiger partial charge in [-0.1, -0.05) is 66.7 Å². The average Bonchev–Trinajstić information content (AvgIpc) is 3.46. The second-order valence-corrected chi connectivity index (χ2v) is 8.56. The molecule has 0 saturated carbocycles. The van der Waals surface area contributed by atoms with Gasteiger partial charge in [0.2, 0.25) is 5.95 Å². The van der Waals surface area contributed by atoms with E-state index >= 15 is 0 Å². The normalized spacial score (nSPS) is 11.3. The van der Waals surface area contributed by atoms with Crippen LogP contribution in [0.3, 0.4) is 0 Å². The van der Waals surface area contributed by atoms with Crippen molar-refractivity contribution in [2.24, 2.45) is 0 Å². The smallest absolute Gasteiger partial charge is 0.237 e. The van der Waals surface area contributed by atoms with Crippen LogP contribution in [0.25, 0.3) is 55.2 Å². The summed E-state index contributed by atoms with van der Waals surface area (Å²) in [5, 5.41) is 23.6. The molecule has 0 fully saturated rings. The van der Waals surface area contributed by atoms with E-state index in [4.69, 9.17) is 0 Å². The van der Waals surface area contributed by atoms with E-state index in [1.54, 1.807) is 0 Å². The van der Waals surface area contributed by atoms with Gasteiger partial charge in [-0.3, -0.25) is 4.57 Å². The van der Waals surface area contributed by atoms with E-state index in [-0.39, 0.29) is 11.4 Å². The Morgan fingerprint density at radius 3 is 1.56 bits per heavy atom. The zero-order valence-electron chi connectivity index (χ0n) is 18.9. The Morgan fingerprint density at radius 1 is 0.528 bits per heavy atom. The van der Waals surface area contributed by atoms with Gasteiger partial charge in [0.25, 0.3) is 0 Å². The maximum absolute atomic E-state index is 9.58. The first-order valence-corrected chi connectivity index (χ1v) is 11.5. The monoisotopic (exact) mass is 460 g/mol. The molecule has 36 heavy (non-hydrogen) atoms. The zero-order chi connectivity index (χ0) is 24.2. The first kappa shape index (κ1) is 20.0. The molecule has 0 unspecified atom stereocenters. The Labute approximate surface area is 205 Å². The summed E-state index contributed by atoms with van der Waals surface area (Å²) < 4.78 is 4.23. The zero-order valence-corrected chi connectivity index (χ0v) is 18.9. The predicted octanol–water partition coefficient (Wildman–Crippen LogP) is 6.41. The molecule has 0 N–H and O–H groups in total. The highest BCUT2D eigenvalue weighted by Gasteiger charge is 2.21. The van der Waals surface area contributed by atoms with Gasteiger partial charge in [0.05, 0.1) is 27.8 Å². The van der Waals surface area contributed by atoms with Crippen LogP contribution in [-0.4, -0.2) is 19.1 Å². The van der Waals surface area contributed by atoms with E-state index in [0.717, 1.165) is 38.5 Å². The van der Waals surface area contributed by atoms with Gasteiger partial charge in [0, 0.05) is 27.6 Å². The number of nitriles is 2. The summed E-state index contributed by atoms with van der Waals surface area (Å²) in [4.78, 5) is 9.04. The molecule has 0 atom stereocenters. The van der Waals surface area contributed by atoms with Crippen LogP contribution in [0.2, 0.25) is 0 Å². The van der Waals surface area contributed by atoms with Crippen molar-refractivity contribution in [3.63, 3.8) is 0 Å². The molecule has 0 bridgehead atoms. The van der Waals surface area contributed by atoms with Crippen molar-refractivity contribution in [2.45, 2.75) is 0 Å². The first-order chi connectivity index (χ1) is 17.8. The molecule has 0 aliphatic heterocycles. The van der Waals surface area contributed by atoms with Gasteiger partial charge in [-0.15, -0.1) is 0 Å². The van der Waals surface area contributed by atoms with Crippen molar-refractivity contribution < 1.29 is 0 Å². The maximum atomic E-state index is 9.58. The Morgan fingerprint density at radius 2 is 1.00 bits per heavy atom. The van der Waals surface area contributed by atoms with E-state index in [1.807, 2.05) is 34.9 Å². The molecular formula is C30H16N6. The minimum Gasteiger partial charge on any atom is -0.307 e. The van der Waals surface area contributed by atoms with E-state index in [1.165, 1.54) is 16.8 Å². The van der Waals surface area contributed by atoms with E-state index in [9.17, 15) is 10.5 Å². The lowest BCUT2D eigenvalue weighted by molar-refractivity contribution is 0.964. The number of hydrogen-bond acceptors (Lipinski definition) is 4. The van der Waals surface area contributed by atoms with Crippen LogP contribution >= 0.6 is 0 Å². The van der Waals surface area contributed by atoms with Crippen molar-refractivity contribution in [3.8, 4) is 23.8 Å². The molecule has 0 aliphatic carbocycles. The molecule has 166 valence electrons. The van der Waals surface area contributed by atoms with Gasteiger partial charge in [-0.2, -0.15) is 10.5 Å². The van der Waals surface area contributed by atoms with Gasteiger partial charge in [0.1, 0.15) is 23.5 Å². The Hall–Kier alpha value is -5.46. The summed E-state index contributed by atoms with van der Waals surface area (Å²) in [6, 6.07) is 36.6. The second kappa shape index (κ2) is 7.53. The highest BCUT2D eigenvalue weighted by molar-refractivity contribution is 6.14. The molecule has 0 aliphatic rings. The third-order valence-corrected chi connectivity index (χ3v) is 6.64. The lowest BCUT2D eigenvalue weighted by Gasteiger charge is -2.13. The molecule has 0 spiro atoms. The van der Waals surface area contributed by atoms with Crippen LogP contribution in [0, 0.1) is 22.7 Å². The van der Waals surface area contributed by atoms with Crippen LogP contribution in [0.5, 0.6) is 0 Å². The predicted molar refractivity (Wildman–Crippen MR) is 140 cm³/mol. The molecule has 3 aromatic heterocycles. The van der Waals surface area contributed by atoms with E-state index < -0.39 is 0 Å². The number of fused-ring (bicyclic) bond motifs is 6. The van der Waals surface area contributed by atoms with Crippen molar-refractivity contribution in [1.82, 2.24) is 19.1 Å². The quantitative estimate of drug-likeness (QED) is 0.298. The van der Waals surface area contributed by atoms with Crippen LogP contribution in [0.15, 0.2) is 97.1 Å². The number of benzene rings is 4. The van der Waals surface area contributed by atoms with E-state index in [2.05, 4.69) is 87.3 Å². The lowest BCUT2D eigenvalue weighted by Crippen LogP contribution is -2.06. The second-order valence-electron chi connectivity index (χ2n) is 8.56. The van der Waals surface area contributed by atoms with E-state index in [0.29, 0.717) is 5.95 Å². The van der Waals surface area contributed by atoms with Crippen LogP contribution < -0.4 is 0 Å². The Balaban J connectivity index is 1.71. The van der Waals surface area contributed by atoms with Crippen LogP contribution in [0.1, 0.15) is 11.4 Å². The Bertz CT molecular complexity index is 2000. The molecule has 0 radical (unpaired) electrons. The summed E-state index contributed by atoms with van der Waals surface area (Å²) in [5.74, 6) is 0.296. The van der Waals surface area contributed by atoms with Crippen LogP contribution in [-0.2, 0) is 0 Å². The third-order valence-electron chi connectivity index (χ3n) is 6.64. The summed E-state index contributed by atoms with van der Waals surface area (Å²) in [6.45, 7) is 0. The van der Waals surface area contributed by atoms with Gasteiger partial charge in [-0.25, -0.2) is 9.97 Å². The molecule has 6 nitrogen and oxygen atoms in total. The van der Waals surface area contributed by atoms with Crippen molar-refractivity contribution in [2.75, 3.05) is 0 Å². The number of rotatable bonds is 2. The minimum atomic E-state index is 0.150. The Kier molecular flexibility index (Phi) is 4.17. The standard InChI is InChI=1S/C30H16N6/c31-17-19-16-20(18-32)34-30(33-19)36-27-14-6-3-10-23(27)24-11-7-15-28(29(24)36)35-25-12-4-1-8-21(25)22-9-2-5-13-26(22)35/h1-16H. The van der Waals surface area contributed by atoms with Gasteiger partial charge >= 0.3 is 0 Å². The fourth-order valence-electron chi connectivity index (χ4n) is 5.22. The number of para-hydroxylation sites is 4. The van der Waals surface area contributed by atoms with Gasteiger partial charge < -0.3 is 4.57 Å². The molecule has 7 aromatic rings. The molecule has 0 saturated heterocycles. The summed E-state index contributed by atoms with van der Waals surface area (Å²) in [7, 11) is 0. The van der Waals surface area contributed by atoms with Gasteiger partial charge in [-0.05, 0) is 24.3 Å². The summed E-state index contributed by atoms with van der Waals surface area (Å²) in [5.41, 5.74) is 5.25. The third kappa shape index (κ3) is 2.70. The highest BCUT2D eigenvalue weighted by Crippen LogP contribution is 2.38. The largest absolute Gasteiger partial charge is 0.307 e. The molecule has 0 amide bonds. The highest BCUT2D eigenvalue weighted by atomic mass is 15.2. The molecule has 7 rings (SSSR count). The van der Waals surface area contributed by atoms with Crippen molar-refractivity contribution in [3.05, 3.63) is 108 Å². The fraction of sp³-hybridized carbons (Fsp3) is 0. The summed E-state index contributed by atoms with van der Waals surface area (Å²) >= 11 is 0. The SMILES string of the molecule is N#Cc1cc(C#N)nc(-n2c3ccccc3c3cccc(-n4c5ccccc5c5ccccc54)c32)n1. The summed E-state index contributed by atoms with van der Waals surface area (Å²) in [6.07, 6.45) is 0. The molecule has 4 aromatic carbocycles. The fourth-order valence-corrected chi connectivity index (χ4v) is 5.22. The average molecular weight is 461 g/mol. The topological polar surface area (TPSA) is 83.2 Å². The molecule has 6 heteroatoms. The van der Waals surface area contributed by atoms with Crippen LogP contribution in [0.4, 0.5) is 0 Å². The van der Waals surface area contributed by atoms with Crippen molar-refractivity contribution in [1.29, 1.82) is 10.5 Å². The first-order valence-electron chi connectivity index (χ1n) is 11.5. The molecule has 3 heterocycles. The van der Waals surface area contributed by atoms with Gasteiger partial charge in [0.15, 0.2) is 0 Å². The number of aromatic nitrogens is 4. The van der Waals surface area contributed by atoms with Crippen molar-refractivity contribution >= 4 is 43.6 Å². The number of hydrogen-bond donors (Lipinski definition) is 0. The maximum Gasteiger partial charge on any atom is 0.237 e. The minimum absolute atomic E-state index is 0.150. The number of nitrogens with zero attached hydrogens (tertiary/aromatic N) is 6. The molecular weight excluding hydrogens is 444 g/mol. The lowest BCUT2D eigenvalue weighted by atomic mass is 10.1.